The zero-order valence-corrected chi connectivity index (χ0v) is 8.68. The molecule has 2 heteroatoms. The van der Waals surface area contributed by atoms with Crippen LogP contribution >= 0.6 is 11.8 Å². The van der Waals surface area contributed by atoms with Gasteiger partial charge in [0.2, 0.25) is 0 Å². The predicted octanol–water partition coefficient (Wildman–Crippen LogP) is 2.81. The molecule has 0 aliphatic carbocycles. The molecule has 0 spiro atoms. The van der Waals surface area contributed by atoms with E-state index in [4.69, 9.17) is 5.73 Å². The van der Waals surface area contributed by atoms with Gasteiger partial charge in [-0.05, 0) is 24.6 Å². The lowest BCUT2D eigenvalue weighted by atomic mass is 10.2. The van der Waals surface area contributed by atoms with E-state index in [9.17, 15) is 0 Å². The highest BCUT2D eigenvalue weighted by Gasteiger charge is 1.99. The third-order valence-corrected chi connectivity index (χ3v) is 2.88. The predicted molar refractivity (Wildman–Crippen MR) is 59.8 cm³/mol. The molecule has 0 heterocycles. The number of thioether (sulfide) groups is 1. The number of rotatable bonds is 4. The van der Waals surface area contributed by atoms with Crippen LogP contribution in [0.5, 0.6) is 0 Å². The first-order valence-electron chi connectivity index (χ1n) is 4.34. The average molecular weight is 193 g/mol. The molecule has 0 fully saturated rings. The molecule has 1 aromatic rings. The van der Waals surface area contributed by atoms with Crippen LogP contribution < -0.4 is 5.73 Å². The van der Waals surface area contributed by atoms with Crippen molar-refractivity contribution in [2.45, 2.75) is 23.6 Å². The maximum atomic E-state index is 5.55. The van der Waals surface area contributed by atoms with Crippen LogP contribution in [0.3, 0.4) is 0 Å². The van der Waals surface area contributed by atoms with Crippen molar-refractivity contribution in [3.05, 3.63) is 42.5 Å². The van der Waals surface area contributed by atoms with Crippen LogP contribution in [0.15, 0.2) is 41.8 Å². The Morgan fingerprint density at radius 2 is 2.38 bits per heavy atom. The van der Waals surface area contributed by atoms with Gasteiger partial charge in [0.05, 0.1) is 0 Å². The van der Waals surface area contributed by atoms with Gasteiger partial charge in [-0.3, -0.25) is 0 Å². The molecule has 1 nitrogen and oxygen atoms in total. The zero-order chi connectivity index (χ0) is 9.68. The highest BCUT2D eigenvalue weighted by atomic mass is 32.2. The van der Waals surface area contributed by atoms with Crippen molar-refractivity contribution in [1.29, 1.82) is 0 Å². The van der Waals surface area contributed by atoms with E-state index >= 15 is 0 Å². The Balaban J connectivity index is 2.71. The van der Waals surface area contributed by atoms with Gasteiger partial charge in [-0.1, -0.05) is 18.2 Å². The highest BCUT2D eigenvalue weighted by molar-refractivity contribution is 8.00. The molecule has 0 radical (unpaired) electrons. The molecule has 0 bridgehead atoms. The summed E-state index contributed by atoms with van der Waals surface area (Å²) in [4.78, 5) is 1.26. The molecule has 1 atom stereocenters. The molecule has 1 unspecified atom stereocenters. The lowest BCUT2D eigenvalue weighted by Gasteiger charge is -2.06. The summed E-state index contributed by atoms with van der Waals surface area (Å²) < 4.78 is 0. The van der Waals surface area contributed by atoms with E-state index in [1.807, 2.05) is 18.2 Å². The second kappa shape index (κ2) is 5.10. The van der Waals surface area contributed by atoms with Gasteiger partial charge in [-0.25, -0.2) is 0 Å². The first kappa shape index (κ1) is 10.4. The number of benzene rings is 1. The SMILES string of the molecule is C=CC(C)Sc1cccc(CN)c1. The largest absolute Gasteiger partial charge is 0.326 e. The smallest absolute Gasteiger partial charge is 0.0243 e. The monoisotopic (exact) mass is 193 g/mol. The maximum Gasteiger partial charge on any atom is 0.0243 e. The molecule has 0 saturated carbocycles. The Bertz CT molecular complexity index is 283. The third-order valence-electron chi connectivity index (χ3n) is 1.79. The summed E-state index contributed by atoms with van der Waals surface area (Å²) in [5.74, 6) is 0. The van der Waals surface area contributed by atoms with E-state index in [1.54, 1.807) is 11.8 Å². The fourth-order valence-electron chi connectivity index (χ4n) is 1.01. The molecule has 0 aliphatic rings. The van der Waals surface area contributed by atoms with E-state index < -0.39 is 0 Å². The summed E-state index contributed by atoms with van der Waals surface area (Å²) in [6.07, 6.45) is 1.94. The Kier molecular flexibility index (Phi) is 4.06. The highest BCUT2D eigenvalue weighted by Crippen LogP contribution is 2.24. The van der Waals surface area contributed by atoms with Crippen LogP contribution in [0.4, 0.5) is 0 Å². The molecule has 70 valence electrons. The standard InChI is InChI=1S/C11H15NS/c1-3-9(2)13-11-6-4-5-10(7-11)8-12/h3-7,9H,1,8,12H2,2H3. The Hall–Kier alpha value is -0.730. The van der Waals surface area contributed by atoms with Crippen molar-refractivity contribution in [2.75, 3.05) is 0 Å². The fourth-order valence-corrected chi connectivity index (χ4v) is 1.91. The van der Waals surface area contributed by atoms with Crippen LogP contribution in [-0.4, -0.2) is 5.25 Å². The van der Waals surface area contributed by atoms with Gasteiger partial charge in [-0.15, -0.1) is 18.3 Å². The molecule has 2 N–H and O–H groups in total. The second-order valence-corrected chi connectivity index (χ2v) is 4.36. The van der Waals surface area contributed by atoms with E-state index in [0.717, 1.165) is 0 Å². The van der Waals surface area contributed by atoms with Gasteiger partial charge in [0.15, 0.2) is 0 Å². The molecule has 1 rings (SSSR count). The van der Waals surface area contributed by atoms with Gasteiger partial charge in [0.1, 0.15) is 0 Å². The van der Waals surface area contributed by atoms with Crippen molar-refractivity contribution in [1.82, 2.24) is 0 Å². The van der Waals surface area contributed by atoms with Gasteiger partial charge in [-0.2, -0.15) is 0 Å². The number of hydrogen-bond acceptors (Lipinski definition) is 2. The summed E-state index contributed by atoms with van der Waals surface area (Å²) in [5, 5.41) is 0.452. The Morgan fingerprint density at radius 1 is 1.62 bits per heavy atom. The van der Waals surface area contributed by atoms with E-state index in [2.05, 4.69) is 25.6 Å². The molecule has 0 aromatic heterocycles. The molecular weight excluding hydrogens is 178 g/mol. The first-order chi connectivity index (χ1) is 6.26. The minimum absolute atomic E-state index is 0.452. The zero-order valence-electron chi connectivity index (χ0n) is 7.86. The Morgan fingerprint density at radius 3 is 3.00 bits per heavy atom. The summed E-state index contributed by atoms with van der Waals surface area (Å²) in [6.45, 7) is 6.49. The molecule has 0 amide bonds. The van der Waals surface area contributed by atoms with E-state index in [-0.39, 0.29) is 0 Å². The topological polar surface area (TPSA) is 26.0 Å². The molecule has 1 aromatic carbocycles. The first-order valence-corrected chi connectivity index (χ1v) is 5.22. The third kappa shape index (κ3) is 3.25. The van der Waals surface area contributed by atoms with Gasteiger partial charge in [0.25, 0.3) is 0 Å². The van der Waals surface area contributed by atoms with Gasteiger partial charge in [0, 0.05) is 16.7 Å². The van der Waals surface area contributed by atoms with Crippen molar-refractivity contribution in [3.63, 3.8) is 0 Å². The van der Waals surface area contributed by atoms with Gasteiger partial charge >= 0.3 is 0 Å². The van der Waals surface area contributed by atoms with Gasteiger partial charge < -0.3 is 5.73 Å². The number of hydrogen-bond donors (Lipinski definition) is 1. The van der Waals surface area contributed by atoms with Crippen molar-refractivity contribution in [2.24, 2.45) is 5.73 Å². The molecule has 0 aliphatic heterocycles. The fraction of sp³-hybridized carbons (Fsp3) is 0.273. The normalized spacial score (nSPS) is 12.5. The number of nitrogens with two attached hydrogens (primary N) is 1. The second-order valence-electron chi connectivity index (χ2n) is 2.91. The van der Waals surface area contributed by atoms with Crippen molar-refractivity contribution in [3.8, 4) is 0 Å². The quantitative estimate of drug-likeness (QED) is 0.588. The molecule has 0 saturated heterocycles. The molecular formula is C11H15NS. The van der Waals surface area contributed by atoms with E-state index in [1.165, 1.54) is 10.5 Å². The Labute approximate surface area is 84.0 Å². The van der Waals surface area contributed by atoms with Crippen LogP contribution in [0.25, 0.3) is 0 Å². The van der Waals surface area contributed by atoms with Crippen LogP contribution in [-0.2, 0) is 6.54 Å². The summed E-state index contributed by atoms with van der Waals surface area (Å²) in [5.41, 5.74) is 6.73. The van der Waals surface area contributed by atoms with Crippen LogP contribution in [0.1, 0.15) is 12.5 Å². The summed E-state index contributed by atoms with van der Waals surface area (Å²) in [6, 6.07) is 8.32. The maximum absolute atomic E-state index is 5.55. The minimum atomic E-state index is 0.452. The lowest BCUT2D eigenvalue weighted by Crippen LogP contribution is -1.96. The summed E-state index contributed by atoms with van der Waals surface area (Å²) in [7, 11) is 0. The summed E-state index contributed by atoms with van der Waals surface area (Å²) >= 11 is 1.80. The molecule has 13 heavy (non-hydrogen) atoms. The van der Waals surface area contributed by atoms with Crippen LogP contribution in [0, 0.1) is 0 Å². The van der Waals surface area contributed by atoms with Crippen molar-refractivity contribution >= 4 is 11.8 Å². The van der Waals surface area contributed by atoms with Crippen molar-refractivity contribution < 1.29 is 0 Å². The minimum Gasteiger partial charge on any atom is -0.326 e. The van der Waals surface area contributed by atoms with Crippen LogP contribution in [0.2, 0.25) is 0 Å². The van der Waals surface area contributed by atoms with E-state index in [0.29, 0.717) is 11.8 Å². The average Bonchev–Trinajstić information content (AvgIpc) is 2.18. The lowest BCUT2D eigenvalue weighted by molar-refractivity contribution is 1.06.